The number of nitrogens with two attached hydrogens (primary N) is 1. The largest absolute Gasteiger partial charge is 0.489 e. The van der Waals surface area contributed by atoms with Gasteiger partial charge in [0.15, 0.2) is 0 Å². The average molecular weight is 423 g/mol. The van der Waals surface area contributed by atoms with Gasteiger partial charge in [0.1, 0.15) is 11.9 Å². The van der Waals surface area contributed by atoms with Gasteiger partial charge in [-0.05, 0) is 66.7 Å². The summed E-state index contributed by atoms with van der Waals surface area (Å²) >= 11 is 6.48. The van der Waals surface area contributed by atoms with E-state index < -0.39 is 0 Å². The summed E-state index contributed by atoms with van der Waals surface area (Å²) in [6.45, 7) is 2.19. The van der Waals surface area contributed by atoms with E-state index >= 15 is 0 Å². The topological polar surface area (TPSA) is 68.1 Å². The Morgan fingerprint density at radius 1 is 1.23 bits per heavy atom. The third-order valence-corrected chi connectivity index (χ3v) is 7.77. The number of benzene rings is 2. The predicted octanol–water partition coefficient (Wildman–Crippen LogP) is 5.03. The summed E-state index contributed by atoms with van der Waals surface area (Å²) < 4.78 is 6.45. The summed E-state index contributed by atoms with van der Waals surface area (Å²) in [7, 11) is 0. The maximum Gasteiger partial charge on any atom is 0.255 e. The highest BCUT2D eigenvalue weighted by molar-refractivity contribution is 6.32. The molecule has 0 radical (unpaired) electrons. The Morgan fingerprint density at radius 3 is 2.73 bits per heavy atom. The molecule has 5 atom stereocenters. The lowest BCUT2D eigenvalue weighted by molar-refractivity contribution is 0.0924. The number of hydrogen-bond donors (Lipinski definition) is 2. The third-order valence-electron chi connectivity index (χ3n) is 7.48. The molecular weight excluding hydrogens is 396 g/mol. The molecule has 30 heavy (non-hydrogen) atoms. The number of aromatic amines is 1. The van der Waals surface area contributed by atoms with Gasteiger partial charge in [-0.3, -0.25) is 4.79 Å². The first-order valence-electron chi connectivity index (χ1n) is 10.8. The number of H-pyrrole nitrogens is 1. The van der Waals surface area contributed by atoms with Gasteiger partial charge in [0, 0.05) is 23.0 Å². The van der Waals surface area contributed by atoms with E-state index in [9.17, 15) is 4.79 Å². The number of halogens is 1. The number of aromatic nitrogens is 1. The Balaban J connectivity index is 1.43. The zero-order valence-electron chi connectivity index (χ0n) is 17.1. The number of nitrogens with one attached hydrogen (secondary N) is 1. The molecule has 2 aromatic carbocycles. The van der Waals surface area contributed by atoms with E-state index in [0.717, 1.165) is 31.1 Å². The molecule has 156 valence electrons. The van der Waals surface area contributed by atoms with Crippen molar-refractivity contribution in [2.75, 3.05) is 0 Å². The first kappa shape index (κ1) is 19.7. The van der Waals surface area contributed by atoms with Crippen LogP contribution in [-0.4, -0.2) is 17.1 Å². The zero-order chi connectivity index (χ0) is 20.9. The Kier molecular flexibility index (Phi) is 4.87. The van der Waals surface area contributed by atoms with Crippen LogP contribution >= 0.6 is 11.6 Å². The van der Waals surface area contributed by atoms with Crippen molar-refractivity contribution < 1.29 is 4.74 Å². The van der Waals surface area contributed by atoms with Crippen molar-refractivity contribution in [3.63, 3.8) is 0 Å². The summed E-state index contributed by atoms with van der Waals surface area (Å²) in [6, 6.07) is 16.4. The number of fused-ring (bicyclic) bond motifs is 3. The minimum absolute atomic E-state index is 0.0288. The second-order valence-corrected chi connectivity index (χ2v) is 9.29. The quantitative estimate of drug-likeness (QED) is 0.605. The molecule has 2 unspecified atom stereocenters. The Hall–Kier alpha value is -2.30. The fourth-order valence-electron chi connectivity index (χ4n) is 6.04. The van der Waals surface area contributed by atoms with Gasteiger partial charge in [-0.1, -0.05) is 48.9 Å². The lowest BCUT2D eigenvalue weighted by Crippen LogP contribution is -2.51. The molecule has 0 aliphatic heterocycles. The van der Waals surface area contributed by atoms with E-state index in [-0.39, 0.29) is 23.1 Å². The molecule has 5 rings (SSSR count). The molecule has 4 nitrogen and oxygen atoms in total. The van der Waals surface area contributed by atoms with Gasteiger partial charge in [-0.2, -0.15) is 0 Å². The molecule has 3 aromatic rings. The van der Waals surface area contributed by atoms with Crippen molar-refractivity contribution in [2.45, 2.75) is 50.2 Å². The molecule has 0 saturated heterocycles. The molecule has 1 aromatic heterocycles. The molecule has 2 bridgehead atoms. The van der Waals surface area contributed by atoms with Crippen molar-refractivity contribution in [3.05, 3.63) is 75.7 Å². The van der Waals surface area contributed by atoms with Crippen LogP contribution in [0, 0.1) is 11.8 Å². The second-order valence-electron chi connectivity index (χ2n) is 8.89. The van der Waals surface area contributed by atoms with Crippen molar-refractivity contribution in [1.82, 2.24) is 4.98 Å². The molecule has 0 amide bonds. The smallest absolute Gasteiger partial charge is 0.255 e. The maximum atomic E-state index is 12.0. The van der Waals surface area contributed by atoms with Crippen molar-refractivity contribution in [1.29, 1.82) is 0 Å². The Bertz CT molecular complexity index is 1130. The van der Waals surface area contributed by atoms with Gasteiger partial charge in [-0.15, -0.1) is 0 Å². The third kappa shape index (κ3) is 2.97. The van der Waals surface area contributed by atoms with Crippen LogP contribution in [0.4, 0.5) is 0 Å². The van der Waals surface area contributed by atoms with Crippen LogP contribution < -0.4 is 16.0 Å². The lowest BCUT2D eigenvalue weighted by Gasteiger charge is -2.44. The first-order chi connectivity index (χ1) is 14.5. The number of hydrogen-bond acceptors (Lipinski definition) is 3. The average Bonchev–Trinajstić information content (AvgIpc) is 3.34. The molecule has 2 aliphatic carbocycles. The van der Waals surface area contributed by atoms with E-state index in [1.54, 1.807) is 12.3 Å². The minimum Gasteiger partial charge on any atom is -0.489 e. The Labute approximate surface area is 181 Å². The zero-order valence-corrected chi connectivity index (χ0v) is 17.9. The van der Waals surface area contributed by atoms with Gasteiger partial charge in [-0.25, -0.2) is 0 Å². The summed E-state index contributed by atoms with van der Waals surface area (Å²) in [5, 5.41) is 1.91. The van der Waals surface area contributed by atoms with Crippen LogP contribution in [0.25, 0.3) is 10.8 Å². The maximum absolute atomic E-state index is 12.0. The standard InChI is InChI=1S/C25H27ClN2O2/c1-2-23(27)25(17-6-4-3-5-7-17)14-16-10-18(25)12-21(16)30-22-11-15-8-9-28-24(29)19(15)13-20(22)26/h3-9,11,13,16,18,21,23H,2,10,12,14,27H2,1H3,(H,28,29)/t16-,18+,21?,23?,25+/m0/s1. The van der Waals surface area contributed by atoms with Crippen LogP contribution in [0.1, 0.15) is 38.2 Å². The molecule has 2 saturated carbocycles. The SMILES string of the molecule is CCC(N)[C@@]1(c2ccccc2)C[C@@H]2C[C@@H]1CC2Oc1cc2cc[nH]c(=O)c2cc1Cl. The number of pyridine rings is 1. The minimum atomic E-state index is -0.137. The molecule has 1 heterocycles. The molecule has 5 heteroatoms. The predicted molar refractivity (Wildman–Crippen MR) is 121 cm³/mol. The van der Waals surface area contributed by atoms with Crippen LogP contribution in [0.15, 0.2) is 59.5 Å². The highest BCUT2D eigenvalue weighted by Gasteiger charge is 2.58. The van der Waals surface area contributed by atoms with E-state index in [2.05, 4.69) is 42.2 Å². The fraction of sp³-hybridized carbons (Fsp3) is 0.400. The van der Waals surface area contributed by atoms with Crippen molar-refractivity contribution in [2.24, 2.45) is 17.6 Å². The van der Waals surface area contributed by atoms with Crippen molar-refractivity contribution >= 4 is 22.4 Å². The molecular formula is C25H27ClN2O2. The summed E-state index contributed by atoms with van der Waals surface area (Å²) in [6.07, 6.45) is 5.92. The van der Waals surface area contributed by atoms with E-state index in [4.69, 9.17) is 22.1 Å². The molecule has 3 N–H and O–H groups in total. The number of ether oxygens (including phenoxy) is 1. The molecule has 0 spiro atoms. The van der Waals surface area contributed by atoms with Crippen LogP contribution in [-0.2, 0) is 5.41 Å². The van der Waals surface area contributed by atoms with Crippen molar-refractivity contribution in [3.8, 4) is 5.75 Å². The summed E-state index contributed by atoms with van der Waals surface area (Å²) in [5.41, 5.74) is 8.00. The van der Waals surface area contributed by atoms with Gasteiger partial charge in [0.25, 0.3) is 5.56 Å². The molecule has 2 aliphatic rings. The second kappa shape index (κ2) is 7.44. The van der Waals surface area contributed by atoms with Gasteiger partial charge >= 0.3 is 0 Å². The lowest BCUT2D eigenvalue weighted by atomic mass is 9.63. The number of rotatable bonds is 5. The van der Waals surface area contributed by atoms with E-state index in [0.29, 0.717) is 28.0 Å². The first-order valence-corrected chi connectivity index (χ1v) is 11.2. The fourth-order valence-corrected chi connectivity index (χ4v) is 6.25. The molecule has 2 fully saturated rings. The summed E-state index contributed by atoms with van der Waals surface area (Å²) in [4.78, 5) is 14.7. The van der Waals surface area contributed by atoms with Gasteiger partial charge in [0.2, 0.25) is 0 Å². The Morgan fingerprint density at radius 2 is 2.03 bits per heavy atom. The van der Waals surface area contributed by atoms with Crippen LogP contribution in [0.2, 0.25) is 5.02 Å². The van der Waals surface area contributed by atoms with E-state index in [1.165, 1.54) is 5.56 Å². The normalized spacial score (nSPS) is 28.7. The summed E-state index contributed by atoms with van der Waals surface area (Å²) in [5.74, 6) is 1.63. The highest BCUT2D eigenvalue weighted by Crippen LogP contribution is 2.59. The van der Waals surface area contributed by atoms with E-state index in [1.807, 2.05) is 12.1 Å². The van der Waals surface area contributed by atoms with Crippen LogP contribution in [0.5, 0.6) is 5.75 Å². The monoisotopic (exact) mass is 422 g/mol. The highest BCUT2D eigenvalue weighted by atomic mass is 35.5. The van der Waals surface area contributed by atoms with Gasteiger partial charge < -0.3 is 15.5 Å². The van der Waals surface area contributed by atoms with Gasteiger partial charge in [0.05, 0.1) is 5.02 Å². The van der Waals surface area contributed by atoms with Crippen LogP contribution in [0.3, 0.4) is 0 Å².